The van der Waals surface area contributed by atoms with Crippen molar-refractivity contribution in [2.24, 2.45) is 5.92 Å². The fraction of sp³-hybridized carbons (Fsp3) is 0.500. The topological polar surface area (TPSA) is 40.7 Å². The van der Waals surface area contributed by atoms with Gasteiger partial charge in [0.2, 0.25) is 0 Å². The molecule has 2 N–H and O–H groups in total. The zero-order valence-corrected chi connectivity index (χ0v) is 12.1. The van der Waals surface area contributed by atoms with Crippen LogP contribution in [0.1, 0.15) is 32.8 Å². The van der Waals surface area contributed by atoms with Crippen LogP contribution in [0.2, 0.25) is 0 Å². The molecule has 2 aromatic rings. The lowest BCUT2D eigenvalue weighted by molar-refractivity contribution is 0.388. The molecule has 0 saturated heterocycles. The lowest BCUT2D eigenvalue weighted by Crippen LogP contribution is -2.32. The van der Waals surface area contributed by atoms with Crippen molar-refractivity contribution in [1.29, 1.82) is 0 Å². The SMILES string of the molecule is CCC(NCc1cn[nH]c1-c1cccs1)C(C)C. The van der Waals surface area contributed by atoms with Crippen molar-refractivity contribution in [3.8, 4) is 10.6 Å². The van der Waals surface area contributed by atoms with Crippen molar-refractivity contribution >= 4 is 11.3 Å². The largest absolute Gasteiger partial charge is 0.310 e. The Morgan fingerprint density at radius 1 is 1.44 bits per heavy atom. The Hall–Kier alpha value is -1.13. The Kier molecular flexibility index (Phi) is 4.55. The first-order valence-electron chi connectivity index (χ1n) is 6.51. The summed E-state index contributed by atoms with van der Waals surface area (Å²) in [5, 5.41) is 13.0. The van der Waals surface area contributed by atoms with Crippen molar-refractivity contribution in [1.82, 2.24) is 15.5 Å². The van der Waals surface area contributed by atoms with E-state index in [0.29, 0.717) is 12.0 Å². The van der Waals surface area contributed by atoms with Crippen LogP contribution in [0.15, 0.2) is 23.7 Å². The van der Waals surface area contributed by atoms with E-state index in [-0.39, 0.29) is 0 Å². The van der Waals surface area contributed by atoms with Crippen molar-refractivity contribution in [2.45, 2.75) is 39.8 Å². The summed E-state index contributed by atoms with van der Waals surface area (Å²) in [5.41, 5.74) is 2.40. The number of nitrogens with zero attached hydrogens (tertiary/aromatic N) is 1. The van der Waals surface area contributed by atoms with E-state index in [9.17, 15) is 0 Å². The molecule has 0 saturated carbocycles. The minimum atomic E-state index is 0.566. The van der Waals surface area contributed by atoms with Crippen LogP contribution in [0.4, 0.5) is 0 Å². The molecular weight excluding hydrogens is 242 g/mol. The second kappa shape index (κ2) is 6.16. The van der Waals surface area contributed by atoms with Gasteiger partial charge in [0.25, 0.3) is 0 Å². The van der Waals surface area contributed by atoms with Crippen LogP contribution in [0.25, 0.3) is 10.6 Å². The highest BCUT2D eigenvalue weighted by molar-refractivity contribution is 7.13. The normalized spacial score (nSPS) is 13.1. The number of H-pyrrole nitrogens is 1. The van der Waals surface area contributed by atoms with Gasteiger partial charge in [-0.3, -0.25) is 5.10 Å². The first-order chi connectivity index (χ1) is 8.72. The minimum absolute atomic E-state index is 0.566. The monoisotopic (exact) mass is 263 g/mol. The van der Waals surface area contributed by atoms with Gasteiger partial charge in [0.05, 0.1) is 16.8 Å². The molecule has 0 spiro atoms. The Morgan fingerprint density at radius 3 is 2.89 bits per heavy atom. The molecule has 0 amide bonds. The van der Waals surface area contributed by atoms with E-state index in [4.69, 9.17) is 0 Å². The smallest absolute Gasteiger partial charge is 0.0794 e. The summed E-state index contributed by atoms with van der Waals surface area (Å²) in [5.74, 6) is 0.659. The predicted octanol–water partition coefficient (Wildman–Crippen LogP) is 3.66. The van der Waals surface area contributed by atoms with Gasteiger partial charge in [0, 0.05) is 18.2 Å². The van der Waals surface area contributed by atoms with Crippen LogP contribution >= 0.6 is 11.3 Å². The summed E-state index contributed by atoms with van der Waals surface area (Å²) in [4.78, 5) is 1.25. The molecule has 2 aromatic heterocycles. The molecular formula is C14H21N3S. The third-order valence-electron chi connectivity index (χ3n) is 3.28. The van der Waals surface area contributed by atoms with Gasteiger partial charge in [-0.2, -0.15) is 5.10 Å². The summed E-state index contributed by atoms with van der Waals surface area (Å²) < 4.78 is 0. The van der Waals surface area contributed by atoms with E-state index in [0.717, 1.165) is 18.7 Å². The van der Waals surface area contributed by atoms with Crippen LogP contribution in [0.3, 0.4) is 0 Å². The molecule has 1 atom stereocenters. The van der Waals surface area contributed by atoms with Crippen molar-refractivity contribution in [2.75, 3.05) is 0 Å². The van der Waals surface area contributed by atoms with Gasteiger partial charge < -0.3 is 5.32 Å². The molecule has 3 nitrogen and oxygen atoms in total. The molecule has 0 fully saturated rings. The van der Waals surface area contributed by atoms with E-state index in [1.165, 1.54) is 10.4 Å². The van der Waals surface area contributed by atoms with Gasteiger partial charge in [-0.1, -0.05) is 26.8 Å². The number of aromatic amines is 1. The highest BCUT2D eigenvalue weighted by atomic mass is 32.1. The van der Waals surface area contributed by atoms with Gasteiger partial charge in [0.1, 0.15) is 0 Å². The molecule has 0 radical (unpaired) electrons. The highest BCUT2D eigenvalue weighted by Crippen LogP contribution is 2.25. The Labute approximate surface area is 113 Å². The molecule has 2 rings (SSSR count). The van der Waals surface area contributed by atoms with Crippen LogP contribution in [0, 0.1) is 5.92 Å². The zero-order chi connectivity index (χ0) is 13.0. The average Bonchev–Trinajstić information content (AvgIpc) is 2.99. The third kappa shape index (κ3) is 3.00. The number of hydrogen-bond acceptors (Lipinski definition) is 3. The maximum atomic E-state index is 4.17. The minimum Gasteiger partial charge on any atom is -0.310 e. The fourth-order valence-corrected chi connectivity index (χ4v) is 2.93. The van der Waals surface area contributed by atoms with Crippen LogP contribution in [0.5, 0.6) is 0 Å². The molecule has 1 unspecified atom stereocenters. The first-order valence-corrected chi connectivity index (χ1v) is 7.39. The number of thiophene rings is 1. The van der Waals surface area contributed by atoms with Gasteiger partial charge in [0.15, 0.2) is 0 Å². The molecule has 0 aliphatic heterocycles. The number of hydrogen-bond donors (Lipinski definition) is 2. The average molecular weight is 263 g/mol. The summed E-state index contributed by atoms with van der Waals surface area (Å²) in [6, 6.07) is 4.76. The van der Waals surface area contributed by atoms with Gasteiger partial charge >= 0.3 is 0 Å². The van der Waals surface area contributed by atoms with Gasteiger partial charge in [-0.25, -0.2) is 0 Å². The van der Waals surface area contributed by atoms with Crippen LogP contribution < -0.4 is 5.32 Å². The summed E-state index contributed by atoms with van der Waals surface area (Å²) >= 11 is 1.74. The van der Waals surface area contributed by atoms with Crippen LogP contribution in [-0.4, -0.2) is 16.2 Å². The van der Waals surface area contributed by atoms with E-state index in [2.05, 4.69) is 53.8 Å². The third-order valence-corrected chi connectivity index (χ3v) is 4.17. The maximum absolute atomic E-state index is 4.17. The van der Waals surface area contributed by atoms with Crippen molar-refractivity contribution in [3.05, 3.63) is 29.3 Å². The fourth-order valence-electron chi connectivity index (χ4n) is 2.17. The van der Waals surface area contributed by atoms with E-state index in [1.807, 2.05) is 6.20 Å². The second-order valence-electron chi connectivity index (χ2n) is 4.89. The standard InChI is InChI=1S/C14H21N3S/c1-4-12(10(2)3)15-8-11-9-16-17-14(11)13-6-5-7-18-13/h5-7,9-10,12,15H,4,8H2,1-3H3,(H,16,17). The Bertz CT molecular complexity index is 459. The highest BCUT2D eigenvalue weighted by Gasteiger charge is 2.13. The zero-order valence-electron chi connectivity index (χ0n) is 11.2. The summed E-state index contributed by atoms with van der Waals surface area (Å²) in [6.07, 6.45) is 3.08. The van der Waals surface area contributed by atoms with Crippen molar-refractivity contribution < 1.29 is 0 Å². The second-order valence-corrected chi connectivity index (χ2v) is 5.83. The van der Waals surface area contributed by atoms with E-state index in [1.54, 1.807) is 11.3 Å². The molecule has 4 heteroatoms. The lowest BCUT2D eigenvalue weighted by Gasteiger charge is -2.20. The molecule has 2 heterocycles. The number of nitrogens with one attached hydrogen (secondary N) is 2. The lowest BCUT2D eigenvalue weighted by atomic mass is 10.0. The summed E-state index contributed by atoms with van der Waals surface area (Å²) in [6.45, 7) is 7.63. The molecule has 98 valence electrons. The van der Waals surface area contributed by atoms with E-state index >= 15 is 0 Å². The summed E-state index contributed by atoms with van der Waals surface area (Å²) in [7, 11) is 0. The van der Waals surface area contributed by atoms with Gasteiger partial charge in [-0.15, -0.1) is 11.3 Å². The predicted molar refractivity (Wildman–Crippen MR) is 77.7 cm³/mol. The maximum Gasteiger partial charge on any atom is 0.0794 e. The van der Waals surface area contributed by atoms with Crippen LogP contribution in [-0.2, 0) is 6.54 Å². The molecule has 0 aliphatic carbocycles. The van der Waals surface area contributed by atoms with Gasteiger partial charge in [-0.05, 0) is 23.8 Å². The molecule has 0 aliphatic rings. The first kappa shape index (κ1) is 13.3. The quantitative estimate of drug-likeness (QED) is 0.835. The Balaban J connectivity index is 2.05. The molecule has 18 heavy (non-hydrogen) atoms. The molecule has 0 bridgehead atoms. The van der Waals surface area contributed by atoms with E-state index < -0.39 is 0 Å². The Morgan fingerprint density at radius 2 is 2.28 bits per heavy atom. The number of aromatic nitrogens is 2. The molecule has 0 aromatic carbocycles. The van der Waals surface area contributed by atoms with Crippen molar-refractivity contribution in [3.63, 3.8) is 0 Å². The number of rotatable bonds is 6.